The molecule has 0 unspecified atom stereocenters. The van der Waals surface area contributed by atoms with E-state index in [0.29, 0.717) is 90.6 Å². The van der Waals surface area contributed by atoms with Gasteiger partial charge in [-0.1, -0.05) is 18.2 Å². The molecule has 340 valence electrons. The third-order valence-corrected chi connectivity index (χ3v) is 7.97. The van der Waals surface area contributed by atoms with Crippen molar-refractivity contribution in [3.63, 3.8) is 0 Å². The molecule has 2 aromatic rings. The van der Waals surface area contributed by atoms with Crippen molar-refractivity contribution >= 4 is 18.0 Å². The molecule has 0 spiro atoms. The number of hydrogen-bond acceptors (Lipinski definition) is 15. The Morgan fingerprint density at radius 2 is 1.03 bits per heavy atom. The number of carboxylic acids is 1. The lowest BCUT2D eigenvalue weighted by atomic mass is 10.0. The Labute approximate surface area is 354 Å². The first-order chi connectivity index (χ1) is 29.2. The molecular formula is C43H67NO16. The largest absolute Gasteiger partial charge is 0.490 e. The van der Waals surface area contributed by atoms with Crippen molar-refractivity contribution in [1.29, 1.82) is 0 Å². The van der Waals surface area contributed by atoms with Gasteiger partial charge >= 0.3 is 5.97 Å². The van der Waals surface area contributed by atoms with Crippen molar-refractivity contribution in [2.24, 2.45) is 0 Å². The minimum absolute atomic E-state index is 0.0119. The molecule has 0 saturated heterocycles. The lowest BCUT2D eigenvalue weighted by molar-refractivity contribution is -0.139. The second-order valence-corrected chi connectivity index (χ2v) is 13.1. The molecule has 17 nitrogen and oxygen atoms in total. The lowest BCUT2D eigenvalue weighted by Gasteiger charge is -2.20. The fraction of sp³-hybridized carbons (Fsp3) is 0.628. The van der Waals surface area contributed by atoms with Gasteiger partial charge in [0.1, 0.15) is 31.6 Å². The number of carbonyl (C=O) groups is 2. The number of ether oxygens (including phenoxy) is 13. The van der Waals surface area contributed by atoms with Crippen LogP contribution >= 0.6 is 0 Å². The maximum atomic E-state index is 13.9. The van der Waals surface area contributed by atoms with Crippen molar-refractivity contribution < 1.29 is 76.3 Å². The van der Waals surface area contributed by atoms with Crippen molar-refractivity contribution in [2.75, 3.05) is 140 Å². The van der Waals surface area contributed by atoms with Crippen LogP contribution in [0.25, 0.3) is 6.08 Å². The van der Waals surface area contributed by atoms with E-state index in [9.17, 15) is 14.7 Å². The third kappa shape index (κ3) is 23.1. The van der Waals surface area contributed by atoms with E-state index in [1.54, 1.807) is 33.5 Å². The summed E-state index contributed by atoms with van der Waals surface area (Å²) in [5.41, 5.74) is 1.57. The third-order valence-electron chi connectivity index (χ3n) is 7.97. The second kappa shape index (κ2) is 33.7. The van der Waals surface area contributed by atoms with Gasteiger partial charge in [-0.25, -0.2) is 4.79 Å². The van der Waals surface area contributed by atoms with Crippen LogP contribution in [0.1, 0.15) is 42.3 Å². The molecular weight excluding hydrogens is 786 g/mol. The molecule has 1 atom stereocenters. The predicted molar refractivity (Wildman–Crippen MR) is 223 cm³/mol. The first-order valence-electron chi connectivity index (χ1n) is 20.2. The second-order valence-electron chi connectivity index (χ2n) is 13.1. The molecule has 0 saturated carbocycles. The fourth-order valence-electron chi connectivity index (χ4n) is 5.15. The van der Waals surface area contributed by atoms with E-state index in [-0.39, 0.29) is 75.0 Å². The van der Waals surface area contributed by atoms with Gasteiger partial charge in [0.25, 0.3) is 5.91 Å². The first-order valence-corrected chi connectivity index (χ1v) is 20.2. The number of methoxy groups -OCH3 is 3. The monoisotopic (exact) mass is 853 g/mol. The Morgan fingerprint density at radius 1 is 0.600 bits per heavy atom. The van der Waals surface area contributed by atoms with Crippen LogP contribution in [-0.4, -0.2) is 169 Å². The Hall–Kier alpha value is -4.04. The van der Waals surface area contributed by atoms with Crippen LogP contribution < -0.4 is 24.3 Å². The van der Waals surface area contributed by atoms with Crippen LogP contribution in [0.5, 0.6) is 23.0 Å². The van der Waals surface area contributed by atoms with Crippen LogP contribution in [0.3, 0.4) is 0 Å². The van der Waals surface area contributed by atoms with Gasteiger partial charge in [-0.15, -0.1) is 0 Å². The van der Waals surface area contributed by atoms with E-state index in [1.807, 2.05) is 39.0 Å². The molecule has 0 aliphatic heterocycles. The number of allylic oxidation sites excluding steroid dienone is 1. The highest BCUT2D eigenvalue weighted by molar-refractivity contribution is 5.97. The Balaban J connectivity index is 2.32. The van der Waals surface area contributed by atoms with Gasteiger partial charge in [-0.05, 0) is 50.6 Å². The van der Waals surface area contributed by atoms with Crippen molar-refractivity contribution in [3.8, 4) is 23.0 Å². The average molecular weight is 854 g/mol. The van der Waals surface area contributed by atoms with Gasteiger partial charge in [-0.3, -0.25) is 4.79 Å². The quantitative estimate of drug-likeness (QED) is 0.0919. The molecule has 2 aromatic carbocycles. The summed E-state index contributed by atoms with van der Waals surface area (Å²) in [6, 6.07) is 7.12. The molecule has 0 bridgehead atoms. The lowest BCUT2D eigenvalue weighted by Crippen LogP contribution is -2.42. The van der Waals surface area contributed by atoms with Crippen LogP contribution in [0.4, 0.5) is 0 Å². The molecule has 0 fully saturated rings. The maximum absolute atomic E-state index is 13.9. The summed E-state index contributed by atoms with van der Waals surface area (Å²) in [6.45, 7) is 11.6. The number of aliphatic carboxylic acids is 1. The summed E-state index contributed by atoms with van der Waals surface area (Å²) in [4.78, 5) is 26.4. The molecule has 0 aliphatic carbocycles. The van der Waals surface area contributed by atoms with Gasteiger partial charge in [-0.2, -0.15) is 0 Å². The minimum atomic E-state index is -1.27. The molecule has 0 heterocycles. The topological polar surface area (TPSA) is 186 Å². The number of amides is 1. The highest BCUT2D eigenvalue weighted by atomic mass is 16.6. The number of benzene rings is 2. The van der Waals surface area contributed by atoms with Crippen LogP contribution in [0.2, 0.25) is 0 Å². The molecule has 0 radical (unpaired) electrons. The summed E-state index contributed by atoms with van der Waals surface area (Å²) in [5.74, 6) is -0.629. The van der Waals surface area contributed by atoms with Crippen molar-refractivity contribution in [2.45, 2.75) is 39.3 Å². The van der Waals surface area contributed by atoms with Crippen LogP contribution in [0.15, 0.2) is 36.4 Å². The number of carboxylic acid groups (broad SMARTS) is 1. The number of hydrogen-bond donors (Lipinski definition) is 2. The highest BCUT2D eigenvalue weighted by Gasteiger charge is 2.25. The molecule has 60 heavy (non-hydrogen) atoms. The SMILES string of the molecule is C/C=C/c1cc(C[C@H](NC(=O)c2cc(OCCOCCOCCOC)c(OCCOCCOCCOC)c(OCCOCCOCCOC)c2)C(=O)O)ccc1OC(C)C. The zero-order valence-electron chi connectivity index (χ0n) is 36.2. The van der Waals surface area contributed by atoms with E-state index in [0.717, 1.165) is 5.56 Å². The zero-order valence-corrected chi connectivity index (χ0v) is 36.2. The van der Waals surface area contributed by atoms with E-state index >= 15 is 0 Å². The molecule has 0 aliphatic rings. The van der Waals surface area contributed by atoms with Gasteiger partial charge in [0.2, 0.25) is 5.75 Å². The van der Waals surface area contributed by atoms with Crippen molar-refractivity contribution in [1.82, 2.24) is 5.32 Å². The minimum Gasteiger partial charge on any atom is -0.490 e. The maximum Gasteiger partial charge on any atom is 0.326 e. The predicted octanol–water partition coefficient (Wildman–Crippen LogP) is 4.11. The summed E-state index contributed by atoms with van der Waals surface area (Å²) in [5, 5.41) is 12.9. The number of rotatable bonds is 38. The fourth-order valence-corrected chi connectivity index (χ4v) is 5.15. The Bertz CT molecular complexity index is 1430. The van der Waals surface area contributed by atoms with E-state index < -0.39 is 17.9 Å². The van der Waals surface area contributed by atoms with Gasteiger partial charge in [0.15, 0.2) is 11.5 Å². The average Bonchev–Trinajstić information content (AvgIpc) is 3.22. The first kappa shape index (κ1) is 52.1. The van der Waals surface area contributed by atoms with Crippen molar-refractivity contribution in [3.05, 3.63) is 53.1 Å². The number of nitrogens with one attached hydrogen (secondary N) is 1. The normalized spacial score (nSPS) is 11.9. The van der Waals surface area contributed by atoms with Gasteiger partial charge < -0.3 is 72.0 Å². The van der Waals surface area contributed by atoms with Gasteiger partial charge in [0.05, 0.1) is 105 Å². The van der Waals surface area contributed by atoms with Crippen LogP contribution in [-0.2, 0) is 53.8 Å². The van der Waals surface area contributed by atoms with E-state index in [2.05, 4.69) is 5.32 Å². The van der Waals surface area contributed by atoms with E-state index in [4.69, 9.17) is 61.6 Å². The molecule has 2 N–H and O–H groups in total. The van der Waals surface area contributed by atoms with E-state index in [1.165, 1.54) is 12.1 Å². The van der Waals surface area contributed by atoms with Crippen LogP contribution in [0, 0.1) is 0 Å². The molecule has 17 heteroatoms. The Kier molecular flexibility index (Phi) is 29.2. The Morgan fingerprint density at radius 3 is 1.45 bits per heavy atom. The summed E-state index contributed by atoms with van der Waals surface area (Å²) in [7, 11) is 4.80. The zero-order chi connectivity index (χ0) is 43.6. The molecule has 1 amide bonds. The van der Waals surface area contributed by atoms with Gasteiger partial charge in [0, 0.05) is 38.9 Å². The molecule has 0 aromatic heterocycles. The summed E-state index contributed by atoms with van der Waals surface area (Å²) >= 11 is 0. The smallest absolute Gasteiger partial charge is 0.326 e. The standard InChI is InChI=1S/C43H67NO16/c1-7-8-35-29-34(9-10-38(35)60-33(2)3)30-37(43(46)47)44-42(45)36-31-39(57-26-23-54-20-17-51-14-11-48-4)41(59-28-25-56-22-19-53-16-13-50-6)40(32-36)58-27-24-55-21-18-52-15-12-49-5/h7-10,29,31-33,37H,11-28,30H2,1-6H3,(H,44,45)(H,46,47)/b8-7+/t37-/m0/s1. The summed E-state index contributed by atoms with van der Waals surface area (Å²) < 4.78 is 72.7. The number of carbonyl (C=O) groups excluding carboxylic acids is 1. The highest BCUT2D eigenvalue weighted by Crippen LogP contribution is 2.39. The molecule has 2 rings (SSSR count). The summed E-state index contributed by atoms with van der Waals surface area (Å²) in [6.07, 6.45) is 3.72.